The van der Waals surface area contributed by atoms with Gasteiger partial charge < -0.3 is 9.64 Å². The van der Waals surface area contributed by atoms with Crippen molar-refractivity contribution in [3.63, 3.8) is 0 Å². The summed E-state index contributed by atoms with van der Waals surface area (Å²) >= 11 is 0. The average Bonchev–Trinajstić information content (AvgIpc) is 2.44. The molecule has 104 valence electrons. The molecule has 0 saturated carbocycles. The minimum atomic E-state index is -0.219. The number of unbranched alkanes of at least 4 members (excludes halogenated alkanes) is 2. The molecule has 0 N–H and O–H groups in total. The van der Waals surface area contributed by atoms with E-state index >= 15 is 0 Å². The van der Waals surface area contributed by atoms with Crippen molar-refractivity contribution < 1.29 is 9.53 Å². The average molecular weight is 261 g/mol. The molecule has 1 saturated heterocycles. The van der Waals surface area contributed by atoms with Gasteiger partial charge in [0.05, 0.1) is 6.61 Å². The number of ether oxygens (including phenoxy) is 1. The number of amides is 1. The lowest BCUT2D eigenvalue weighted by Crippen LogP contribution is -2.47. The fraction of sp³-hybridized carbons (Fsp3) is 0.562. The maximum absolute atomic E-state index is 12.3. The molecule has 1 aliphatic heterocycles. The molecule has 0 bridgehead atoms. The van der Waals surface area contributed by atoms with Crippen LogP contribution in [0.5, 0.6) is 0 Å². The lowest BCUT2D eigenvalue weighted by atomic mass is 10.1. The van der Waals surface area contributed by atoms with Crippen molar-refractivity contribution in [2.75, 3.05) is 13.2 Å². The Bertz CT molecular complexity index is 391. The molecule has 0 radical (unpaired) electrons. The Kier molecular flexibility index (Phi) is 5.40. The van der Waals surface area contributed by atoms with Gasteiger partial charge in [0.1, 0.15) is 6.10 Å². The Hall–Kier alpha value is -1.35. The molecule has 1 aromatic carbocycles. The smallest absolute Gasteiger partial charge is 0.252 e. The van der Waals surface area contributed by atoms with E-state index in [1.807, 2.05) is 23.1 Å². The molecule has 0 spiro atoms. The first-order valence-corrected chi connectivity index (χ1v) is 7.25. The quantitative estimate of drug-likeness (QED) is 0.737. The Morgan fingerprint density at radius 1 is 1.26 bits per heavy atom. The molecule has 0 aromatic heterocycles. The van der Waals surface area contributed by atoms with E-state index in [9.17, 15) is 4.79 Å². The van der Waals surface area contributed by atoms with E-state index in [4.69, 9.17) is 4.74 Å². The Morgan fingerprint density at radius 3 is 2.79 bits per heavy atom. The molecule has 1 atom stereocenters. The van der Waals surface area contributed by atoms with Gasteiger partial charge in [0.15, 0.2) is 0 Å². The van der Waals surface area contributed by atoms with Crippen molar-refractivity contribution >= 4 is 5.91 Å². The first-order chi connectivity index (χ1) is 9.31. The highest BCUT2D eigenvalue weighted by atomic mass is 16.5. The second kappa shape index (κ2) is 7.29. The number of benzene rings is 1. The molecule has 19 heavy (non-hydrogen) atoms. The fourth-order valence-electron chi connectivity index (χ4n) is 2.44. The summed E-state index contributed by atoms with van der Waals surface area (Å²) in [6, 6.07) is 10.2. The summed E-state index contributed by atoms with van der Waals surface area (Å²) in [6.45, 7) is 4.24. The second-order valence-electron chi connectivity index (χ2n) is 5.10. The van der Waals surface area contributed by atoms with Crippen molar-refractivity contribution in [1.82, 2.24) is 4.90 Å². The van der Waals surface area contributed by atoms with Gasteiger partial charge in [-0.1, -0.05) is 56.5 Å². The number of morpholine rings is 1. The standard InChI is InChI=1S/C16H23NO2/c1-2-3-5-10-15-16(18)17(11-12-19-15)13-14-8-6-4-7-9-14/h4,6-9,15H,2-3,5,10-13H2,1H3. The summed E-state index contributed by atoms with van der Waals surface area (Å²) in [7, 11) is 0. The molecule has 3 heteroatoms. The molecule has 1 aliphatic rings. The van der Waals surface area contributed by atoms with Crippen LogP contribution in [-0.4, -0.2) is 30.1 Å². The van der Waals surface area contributed by atoms with E-state index in [-0.39, 0.29) is 12.0 Å². The second-order valence-corrected chi connectivity index (χ2v) is 5.10. The molecular weight excluding hydrogens is 238 g/mol. The van der Waals surface area contributed by atoms with Gasteiger partial charge in [0.2, 0.25) is 0 Å². The van der Waals surface area contributed by atoms with E-state index in [0.29, 0.717) is 19.7 Å². The van der Waals surface area contributed by atoms with Gasteiger partial charge in [-0.25, -0.2) is 0 Å². The maximum Gasteiger partial charge on any atom is 0.252 e. The van der Waals surface area contributed by atoms with E-state index < -0.39 is 0 Å². The zero-order valence-electron chi connectivity index (χ0n) is 11.7. The van der Waals surface area contributed by atoms with Gasteiger partial charge in [0, 0.05) is 13.1 Å². The monoisotopic (exact) mass is 261 g/mol. The predicted octanol–water partition coefficient (Wildman–Crippen LogP) is 2.99. The Balaban J connectivity index is 1.89. The molecule has 3 nitrogen and oxygen atoms in total. The van der Waals surface area contributed by atoms with Crippen LogP contribution in [0.3, 0.4) is 0 Å². The minimum absolute atomic E-state index is 0.159. The SMILES string of the molecule is CCCCCC1OCCN(Cc2ccccc2)C1=O. The normalized spacial score (nSPS) is 19.7. The van der Waals surface area contributed by atoms with Crippen LogP contribution in [0.2, 0.25) is 0 Å². The highest BCUT2D eigenvalue weighted by Gasteiger charge is 2.28. The number of hydrogen-bond acceptors (Lipinski definition) is 2. The predicted molar refractivity (Wildman–Crippen MR) is 75.7 cm³/mol. The molecule has 1 unspecified atom stereocenters. The van der Waals surface area contributed by atoms with Crippen LogP contribution >= 0.6 is 0 Å². The molecule has 2 rings (SSSR count). The van der Waals surface area contributed by atoms with Crippen LogP contribution in [0.1, 0.15) is 38.2 Å². The van der Waals surface area contributed by atoms with E-state index in [1.165, 1.54) is 18.4 Å². The highest BCUT2D eigenvalue weighted by molar-refractivity contribution is 5.81. The van der Waals surface area contributed by atoms with Crippen molar-refractivity contribution in [2.45, 2.75) is 45.3 Å². The zero-order valence-corrected chi connectivity index (χ0v) is 11.7. The molecular formula is C16H23NO2. The first kappa shape index (κ1) is 14.1. The minimum Gasteiger partial charge on any atom is -0.367 e. The summed E-state index contributed by atoms with van der Waals surface area (Å²) in [5.74, 6) is 0.159. The van der Waals surface area contributed by atoms with Crippen LogP contribution in [0.25, 0.3) is 0 Å². The summed E-state index contributed by atoms with van der Waals surface area (Å²) < 4.78 is 5.61. The van der Waals surface area contributed by atoms with Gasteiger partial charge in [-0.2, -0.15) is 0 Å². The first-order valence-electron chi connectivity index (χ1n) is 7.25. The van der Waals surface area contributed by atoms with Gasteiger partial charge >= 0.3 is 0 Å². The summed E-state index contributed by atoms with van der Waals surface area (Å²) in [6.07, 6.45) is 4.06. The molecule has 1 fully saturated rings. The number of carbonyl (C=O) groups is 1. The van der Waals surface area contributed by atoms with Crippen LogP contribution in [-0.2, 0) is 16.1 Å². The summed E-state index contributed by atoms with van der Waals surface area (Å²) in [5, 5.41) is 0. The van der Waals surface area contributed by atoms with Gasteiger partial charge in [0.25, 0.3) is 5.91 Å². The molecule has 0 aliphatic carbocycles. The van der Waals surface area contributed by atoms with Crippen molar-refractivity contribution in [1.29, 1.82) is 0 Å². The van der Waals surface area contributed by atoms with E-state index in [0.717, 1.165) is 12.8 Å². The lowest BCUT2D eigenvalue weighted by Gasteiger charge is -2.32. The Morgan fingerprint density at radius 2 is 2.05 bits per heavy atom. The van der Waals surface area contributed by atoms with Crippen LogP contribution in [0.15, 0.2) is 30.3 Å². The van der Waals surface area contributed by atoms with Crippen LogP contribution in [0, 0.1) is 0 Å². The van der Waals surface area contributed by atoms with Crippen molar-refractivity contribution in [3.05, 3.63) is 35.9 Å². The zero-order chi connectivity index (χ0) is 13.5. The van der Waals surface area contributed by atoms with E-state index in [2.05, 4.69) is 19.1 Å². The number of nitrogens with zero attached hydrogens (tertiary/aromatic N) is 1. The van der Waals surface area contributed by atoms with Gasteiger partial charge in [-0.05, 0) is 12.0 Å². The number of hydrogen-bond donors (Lipinski definition) is 0. The van der Waals surface area contributed by atoms with E-state index in [1.54, 1.807) is 0 Å². The molecule has 1 amide bonds. The van der Waals surface area contributed by atoms with Crippen LogP contribution < -0.4 is 0 Å². The molecule has 1 aromatic rings. The topological polar surface area (TPSA) is 29.5 Å². The van der Waals surface area contributed by atoms with Gasteiger partial charge in [-0.15, -0.1) is 0 Å². The number of carbonyl (C=O) groups excluding carboxylic acids is 1. The largest absolute Gasteiger partial charge is 0.367 e. The summed E-state index contributed by atoms with van der Waals surface area (Å²) in [5.41, 5.74) is 1.19. The third-order valence-electron chi connectivity index (χ3n) is 3.55. The van der Waals surface area contributed by atoms with Crippen LogP contribution in [0.4, 0.5) is 0 Å². The third-order valence-corrected chi connectivity index (χ3v) is 3.55. The fourth-order valence-corrected chi connectivity index (χ4v) is 2.44. The summed E-state index contributed by atoms with van der Waals surface area (Å²) in [4.78, 5) is 14.3. The molecule has 1 heterocycles. The number of rotatable bonds is 6. The van der Waals surface area contributed by atoms with Crippen molar-refractivity contribution in [2.24, 2.45) is 0 Å². The van der Waals surface area contributed by atoms with Crippen molar-refractivity contribution in [3.8, 4) is 0 Å². The van der Waals surface area contributed by atoms with Gasteiger partial charge in [-0.3, -0.25) is 4.79 Å². The third kappa shape index (κ3) is 4.06. The Labute approximate surface area is 115 Å². The maximum atomic E-state index is 12.3. The highest BCUT2D eigenvalue weighted by Crippen LogP contribution is 2.16. The lowest BCUT2D eigenvalue weighted by molar-refractivity contribution is -0.154.